The molecule has 0 saturated carbocycles. The molecule has 30 heavy (non-hydrogen) atoms. The van der Waals surface area contributed by atoms with Crippen LogP contribution >= 0.6 is 11.3 Å². The minimum absolute atomic E-state index is 0.228. The lowest BCUT2D eigenvalue weighted by Crippen LogP contribution is -2.43. The molecule has 4 N–H and O–H groups in total. The lowest BCUT2D eigenvalue weighted by atomic mass is 10.1. The van der Waals surface area contributed by atoms with Crippen molar-refractivity contribution in [1.29, 1.82) is 0 Å². The van der Waals surface area contributed by atoms with E-state index in [2.05, 4.69) is 4.98 Å². The van der Waals surface area contributed by atoms with Gasteiger partial charge < -0.3 is 25.2 Å². The van der Waals surface area contributed by atoms with E-state index in [1.165, 1.54) is 23.5 Å². The van der Waals surface area contributed by atoms with Crippen molar-refractivity contribution in [3.8, 4) is 11.3 Å². The van der Waals surface area contributed by atoms with Gasteiger partial charge >= 0.3 is 0 Å². The predicted molar refractivity (Wildman–Crippen MR) is 111 cm³/mol. The molecule has 3 rings (SSSR count). The van der Waals surface area contributed by atoms with Crippen LogP contribution in [0.2, 0.25) is 0 Å². The summed E-state index contributed by atoms with van der Waals surface area (Å²) in [7, 11) is 0. The van der Waals surface area contributed by atoms with Crippen LogP contribution in [0.1, 0.15) is 24.3 Å². The quantitative estimate of drug-likeness (QED) is 0.437. The Hall–Kier alpha value is -1.46. The summed E-state index contributed by atoms with van der Waals surface area (Å²) in [5.41, 5.74) is 1.69. The summed E-state index contributed by atoms with van der Waals surface area (Å²) >= 11 is 1.51. The average molecular weight is 441 g/mol. The molecule has 0 spiro atoms. The summed E-state index contributed by atoms with van der Waals surface area (Å²) in [6.07, 6.45) is -2.13. The van der Waals surface area contributed by atoms with Crippen LogP contribution < -0.4 is 0 Å². The lowest BCUT2D eigenvalue weighted by molar-refractivity contribution is -0.0894. The van der Waals surface area contributed by atoms with Gasteiger partial charge in [0.1, 0.15) is 23.0 Å². The molecule has 0 unspecified atom stereocenters. The fourth-order valence-electron chi connectivity index (χ4n) is 3.46. The van der Waals surface area contributed by atoms with E-state index in [0.717, 1.165) is 35.5 Å². The molecule has 1 fully saturated rings. The number of hydrogen-bond acceptors (Lipinski definition) is 8. The number of likely N-dealkylation sites (tertiary alicyclic amines) is 1. The van der Waals surface area contributed by atoms with Crippen molar-refractivity contribution >= 4 is 11.3 Å². The molecule has 2 aromatic rings. The van der Waals surface area contributed by atoms with E-state index >= 15 is 0 Å². The Balaban J connectivity index is 1.30. The van der Waals surface area contributed by atoms with Crippen molar-refractivity contribution in [3.05, 3.63) is 40.5 Å². The SMILES string of the molecule is O[C@H]1[C@H](O)[C@@H](O)CN(CCCCCOCc2nc(-c3ccc(F)cc3)cs2)C[C@@H]1O. The molecule has 1 aromatic heterocycles. The van der Waals surface area contributed by atoms with E-state index in [4.69, 9.17) is 4.74 Å². The second-order valence-electron chi connectivity index (χ2n) is 7.62. The molecule has 166 valence electrons. The van der Waals surface area contributed by atoms with Crippen LogP contribution in [0.5, 0.6) is 0 Å². The molecular formula is C21H29FN2O5S. The fraction of sp³-hybridized carbons (Fsp3) is 0.571. The van der Waals surface area contributed by atoms with Gasteiger partial charge in [-0.2, -0.15) is 0 Å². The summed E-state index contributed by atoms with van der Waals surface area (Å²) in [6.45, 7) is 2.17. The fourth-order valence-corrected chi connectivity index (χ4v) is 4.20. The van der Waals surface area contributed by atoms with Crippen LogP contribution in [0.4, 0.5) is 4.39 Å². The topological polar surface area (TPSA) is 106 Å². The zero-order valence-electron chi connectivity index (χ0n) is 16.7. The zero-order chi connectivity index (χ0) is 21.5. The molecule has 9 heteroatoms. The number of rotatable bonds is 9. The first-order valence-corrected chi connectivity index (χ1v) is 11.0. The number of aromatic nitrogens is 1. The van der Waals surface area contributed by atoms with Crippen LogP contribution in [0.15, 0.2) is 29.6 Å². The van der Waals surface area contributed by atoms with Gasteiger partial charge in [0.05, 0.1) is 24.5 Å². The molecule has 1 aliphatic heterocycles. The minimum Gasteiger partial charge on any atom is -0.389 e. The number of β-amino-alcohol motifs (C(OH)–C–C–N with tert-alkyl or cyclic N) is 2. The van der Waals surface area contributed by atoms with Crippen LogP contribution in [-0.4, -0.2) is 81.0 Å². The number of nitrogens with zero attached hydrogens (tertiary/aromatic N) is 2. The number of ether oxygens (including phenoxy) is 1. The van der Waals surface area contributed by atoms with Crippen LogP contribution in [0, 0.1) is 5.82 Å². The van der Waals surface area contributed by atoms with Gasteiger partial charge in [0.25, 0.3) is 0 Å². The van der Waals surface area contributed by atoms with E-state index in [1.54, 1.807) is 12.1 Å². The Kier molecular flexibility index (Phi) is 8.70. The second-order valence-corrected chi connectivity index (χ2v) is 8.56. The number of thiazole rings is 1. The Morgan fingerprint density at radius 3 is 2.33 bits per heavy atom. The van der Waals surface area contributed by atoms with E-state index < -0.39 is 24.4 Å². The smallest absolute Gasteiger partial charge is 0.123 e. The summed E-state index contributed by atoms with van der Waals surface area (Å²) in [4.78, 5) is 6.38. The first kappa shape index (κ1) is 23.2. The lowest BCUT2D eigenvalue weighted by Gasteiger charge is -2.23. The monoisotopic (exact) mass is 440 g/mol. The standard InChI is InChI=1S/C21H29FN2O5S/c22-15-6-4-14(5-7-15)16-13-30-19(23-16)12-29-9-3-1-2-8-24-10-17(25)20(27)21(28)18(26)11-24/h4-7,13,17-18,20-21,25-28H,1-3,8-12H2/t17-,18-,20+,21+/m0/s1. The molecule has 2 heterocycles. The molecule has 1 aromatic carbocycles. The molecule has 7 nitrogen and oxygen atoms in total. The second kappa shape index (κ2) is 11.2. The maximum absolute atomic E-state index is 13.0. The molecule has 0 radical (unpaired) electrons. The summed E-state index contributed by atoms with van der Waals surface area (Å²) in [5, 5.41) is 42.0. The number of benzene rings is 1. The zero-order valence-corrected chi connectivity index (χ0v) is 17.5. The molecular weight excluding hydrogens is 411 g/mol. The maximum atomic E-state index is 13.0. The predicted octanol–water partition coefficient (Wildman–Crippen LogP) is 1.40. The van der Waals surface area contributed by atoms with Crippen LogP contribution in [-0.2, 0) is 11.3 Å². The van der Waals surface area contributed by atoms with E-state index in [9.17, 15) is 24.8 Å². The number of unbranched alkanes of at least 4 members (excludes halogenated alkanes) is 2. The van der Waals surface area contributed by atoms with E-state index in [1.807, 2.05) is 10.3 Å². The first-order chi connectivity index (χ1) is 14.4. The van der Waals surface area contributed by atoms with Gasteiger partial charge in [0.2, 0.25) is 0 Å². The third-order valence-electron chi connectivity index (χ3n) is 5.21. The number of halogens is 1. The molecule has 4 atom stereocenters. The van der Waals surface area contributed by atoms with Gasteiger partial charge in [-0.1, -0.05) is 0 Å². The first-order valence-electron chi connectivity index (χ1n) is 10.2. The number of aliphatic hydroxyl groups excluding tert-OH is 4. The van der Waals surface area contributed by atoms with Crippen molar-refractivity contribution in [1.82, 2.24) is 9.88 Å². The van der Waals surface area contributed by atoms with Gasteiger partial charge in [-0.25, -0.2) is 9.37 Å². The van der Waals surface area contributed by atoms with Gasteiger partial charge in [-0.05, 0) is 50.1 Å². The van der Waals surface area contributed by atoms with E-state index in [-0.39, 0.29) is 18.9 Å². The van der Waals surface area contributed by atoms with Gasteiger partial charge in [-0.3, -0.25) is 4.90 Å². The highest BCUT2D eigenvalue weighted by atomic mass is 32.1. The summed E-state index contributed by atoms with van der Waals surface area (Å²) in [5.74, 6) is -0.268. The maximum Gasteiger partial charge on any atom is 0.123 e. The number of hydrogen-bond donors (Lipinski definition) is 4. The highest BCUT2D eigenvalue weighted by Crippen LogP contribution is 2.22. The van der Waals surface area contributed by atoms with Crippen LogP contribution in [0.25, 0.3) is 11.3 Å². The average Bonchev–Trinajstić information content (AvgIpc) is 3.17. The molecule has 0 bridgehead atoms. The van der Waals surface area contributed by atoms with Gasteiger partial charge in [0, 0.05) is 30.6 Å². The highest BCUT2D eigenvalue weighted by molar-refractivity contribution is 7.09. The highest BCUT2D eigenvalue weighted by Gasteiger charge is 2.35. The minimum atomic E-state index is -1.33. The Morgan fingerprint density at radius 1 is 1.00 bits per heavy atom. The van der Waals surface area contributed by atoms with Gasteiger partial charge in [0.15, 0.2) is 0 Å². The van der Waals surface area contributed by atoms with Crippen LogP contribution in [0.3, 0.4) is 0 Å². The molecule has 1 saturated heterocycles. The van der Waals surface area contributed by atoms with Crippen molar-refractivity contribution in [2.24, 2.45) is 0 Å². The summed E-state index contributed by atoms with van der Waals surface area (Å²) < 4.78 is 18.7. The molecule has 1 aliphatic rings. The third kappa shape index (κ3) is 6.52. The normalized spacial score (nSPS) is 25.4. The van der Waals surface area contributed by atoms with Crippen molar-refractivity contribution in [2.75, 3.05) is 26.2 Å². The third-order valence-corrected chi connectivity index (χ3v) is 6.03. The Morgan fingerprint density at radius 2 is 1.67 bits per heavy atom. The summed E-state index contributed by atoms with van der Waals surface area (Å²) in [6, 6.07) is 6.25. The van der Waals surface area contributed by atoms with Crippen molar-refractivity contribution in [3.63, 3.8) is 0 Å². The Bertz CT molecular complexity index is 759. The van der Waals surface area contributed by atoms with Crippen molar-refractivity contribution < 1.29 is 29.6 Å². The largest absolute Gasteiger partial charge is 0.389 e. The van der Waals surface area contributed by atoms with E-state index in [0.29, 0.717) is 19.8 Å². The molecule has 0 amide bonds. The molecule has 0 aliphatic carbocycles. The number of aliphatic hydroxyl groups is 4. The van der Waals surface area contributed by atoms with Gasteiger partial charge in [-0.15, -0.1) is 11.3 Å². The Labute approximate surface area is 179 Å². The van der Waals surface area contributed by atoms with Crippen molar-refractivity contribution in [2.45, 2.75) is 50.3 Å².